The molecule has 0 spiro atoms. The number of carbonyl (C=O) groups excluding carboxylic acids is 2. The van der Waals surface area contributed by atoms with Crippen molar-refractivity contribution in [1.29, 1.82) is 0 Å². The minimum Gasteiger partial charge on any atom is -0.497 e. The van der Waals surface area contributed by atoms with E-state index in [2.05, 4.69) is 18.7 Å². The van der Waals surface area contributed by atoms with E-state index in [-0.39, 0.29) is 11.8 Å². The predicted octanol–water partition coefficient (Wildman–Crippen LogP) is 4.58. The number of nitrogens with zero attached hydrogens (tertiary/aromatic N) is 2. The van der Waals surface area contributed by atoms with E-state index in [9.17, 15) is 9.59 Å². The van der Waals surface area contributed by atoms with E-state index >= 15 is 0 Å². The average Bonchev–Trinajstić information content (AvgIpc) is 3.04. The van der Waals surface area contributed by atoms with Gasteiger partial charge in [-0.2, -0.15) is 0 Å². The molecule has 174 valence electrons. The van der Waals surface area contributed by atoms with Crippen LogP contribution < -0.4 is 14.4 Å². The number of piperidine rings is 1. The monoisotopic (exact) mass is 448 g/mol. The van der Waals surface area contributed by atoms with Crippen LogP contribution >= 0.6 is 0 Å². The van der Waals surface area contributed by atoms with Gasteiger partial charge in [0, 0.05) is 19.2 Å². The van der Waals surface area contributed by atoms with Crippen LogP contribution in [0.1, 0.15) is 37.0 Å². The molecule has 6 nitrogen and oxygen atoms in total. The molecule has 0 saturated carbocycles. The van der Waals surface area contributed by atoms with Crippen LogP contribution in [0, 0.1) is 25.7 Å². The van der Waals surface area contributed by atoms with Crippen molar-refractivity contribution in [1.82, 2.24) is 4.90 Å². The summed E-state index contributed by atoms with van der Waals surface area (Å²) in [7, 11) is 3.09. The first-order valence-corrected chi connectivity index (χ1v) is 11.4. The van der Waals surface area contributed by atoms with Crippen LogP contribution in [0.15, 0.2) is 42.1 Å². The van der Waals surface area contributed by atoms with Crippen molar-refractivity contribution in [2.75, 3.05) is 32.2 Å². The Labute approximate surface area is 195 Å². The number of methoxy groups -OCH3 is 2. The summed E-state index contributed by atoms with van der Waals surface area (Å²) in [6.45, 7) is 9.95. The highest BCUT2D eigenvalue weighted by Crippen LogP contribution is 2.41. The maximum absolute atomic E-state index is 13.9. The highest BCUT2D eigenvalue weighted by Gasteiger charge is 2.44. The second kappa shape index (κ2) is 8.93. The molecular formula is C27H32N2O4. The number of ether oxygens (including phenoxy) is 2. The molecule has 1 saturated heterocycles. The molecule has 2 atom stereocenters. The molecule has 2 aromatic rings. The van der Waals surface area contributed by atoms with E-state index in [1.54, 1.807) is 25.3 Å². The number of likely N-dealkylation sites (tertiary alicyclic amines) is 1. The Morgan fingerprint density at radius 3 is 2.15 bits per heavy atom. The van der Waals surface area contributed by atoms with Gasteiger partial charge in [0.15, 0.2) is 0 Å². The SMILES string of the molecule is COc1ccc(OC)c(N2C(=O)C(c3ccc(C)c(C)c3)=C(N3CC(C)CC(C)C3)C2=O)c1. The summed E-state index contributed by atoms with van der Waals surface area (Å²) in [5.74, 6) is 1.21. The Balaban J connectivity index is 1.89. The standard InChI is InChI=1S/C27H32N2O4/c1-16-11-17(2)15-28(14-16)25-24(20-8-7-18(3)19(4)12-20)26(30)29(27(25)31)22-13-21(32-5)9-10-23(22)33-6/h7-10,12-13,16-17H,11,14-15H2,1-6H3. The van der Waals surface area contributed by atoms with Gasteiger partial charge in [-0.3, -0.25) is 9.59 Å². The molecule has 2 amide bonds. The minimum absolute atomic E-state index is 0.318. The van der Waals surface area contributed by atoms with Crippen molar-refractivity contribution in [3.8, 4) is 11.5 Å². The number of aryl methyl sites for hydroxylation is 2. The van der Waals surface area contributed by atoms with Crippen LogP contribution in [0.25, 0.3) is 5.57 Å². The Bertz CT molecular complexity index is 1130. The van der Waals surface area contributed by atoms with Crippen molar-refractivity contribution in [2.24, 2.45) is 11.8 Å². The van der Waals surface area contributed by atoms with Gasteiger partial charge >= 0.3 is 0 Å². The summed E-state index contributed by atoms with van der Waals surface area (Å²) in [6, 6.07) is 11.1. The molecule has 2 aliphatic rings. The third kappa shape index (κ3) is 4.10. The molecule has 2 unspecified atom stereocenters. The fourth-order valence-corrected chi connectivity index (χ4v) is 5.00. The topological polar surface area (TPSA) is 59.1 Å². The number of benzene rings is 2. The van der Waals surface area contributed by atoms with E-state index < -0.39 is 0 Å². The zero-order valence-electron chi connectivity index (χ0n) is 20.3. The van der Waals surface area contributed by atoms with E-state index in [0.29, 0.717) is 40.3 Å². The molecule has 0 bridgehead atoms. The summed E-state index contributed by atoms with van der Waals surface area (Å²) in [6.07, 6.45) is 1.11. The highest BCUT2D eigenvalue weighted by molar-refractivity contribution is 6.45. The van der Waals surface area contributed by atoms with E-state index in [1.165, 1.54) is 12.0 Å². The van der Waals surface area contributed by atoms with Crippen molar-refractivity contribution < 1.29 is 19.1 Å². The Hall–Kier alpha value is -3.28. The molecular weight excluding hydrogens is 416 g/mol. The quantitative estimate of drug-likeness (QED) is 0.627. The van der Waals surface area contributed by atoms with Gasteiger partial charge in [0.05, 0.1) is 25.5 Å². The first-order valence-electron chi connectivity index (χ1n) is 11.4. The highest BCUT2D eigenvalue weighted by atomic mass is 16.5. The summed E-state index contributed by atoms with van der Waals surface area (Å²) >= 11 is 0. The minimum atomic E-state index is -0.337. The molecule has 0 radical (unpaired) electrons. The summed E-state index contributed by atoms with van der Waals surface area (Å²) in [5.41, 5.74) is 4.31. The molecule has 0 aromatic heterocycles. The van der Waals surface area contributed by atoms with E-state index in [1.807, 2.05) is 32.0 Å². The molecule has 0 N–H and O–H groups in total. The molecule has 0 aliphatic carbocycles. The number of hydrogen-bond acceptors (Lipinski definition) is 5. The summed E-state index contributed by atoms with van der Waals surface area (Å²) < 4.78 is 10.9. The second-order valence-corrected chi connectivity index (χ2v) is 9.36. The second-order valence-electron chi connectivity index (χ2n) is 9.36. The van der Waals surface area contributed by atoms with Crippen LogP contribution in [0.2, 0.25) is 0 Å². The third-order valence-corrected chi connectivity index (χ3v) is 6.67. The van der Waals surface area contributed by atoms with Crippen molar-refractivity contribution in [3.05, 3.63) is 58.8 Å². The zero-order chi connectivity index (χ0) is 23.9. The molecule has 6 heteroatoms. The van der Waals surface area contributed by atoms with Crippen molar-refractivity contribution in [3.63, 3.8) is 0 Å². The maximum atomic E-state index is 13.9. The summed E-state index contributed by atoms with van der Waals surface area (Å²) in [5, 5.41) is 0. The lowest BCUT2D eigenvalue weighted by Crippen LogP contribution is -2.42. The number of imide groups is 1. The van der Waals surface area contributed by atoms with Gasteiger partial charge in [-0.25, -0.2) is 4.90 Å². The van der Waals surface area contributed by atoms with Gasteiger partial charge in [0.25, 0.3) is 11.8 Å². The lowest BCUT2D eigenvalue weighted by Gasteiger charge is -2.37. The van der Waals surface area contributed by atoms with Gasteiger partial charge < -0.3 is 14.4 Å². The number of amides is 2. The Kier molecular flexibility index (Phi) is 6.19. The van der Waals surface area contributed by atoms with E-state index in [4.69, 9.17) is 9.47 Å². The molecule has 1 fully saturated rings. The van der Waals surface area contributed by atoms with Crippen molar-refractivity contribution >= 4 is 23.1 Å². The third-order valence-electron chi connectivity index (χ3n) is 6.67. The van der Waals surface area contributed by atoms with Crippen LogP contribution in [0.3, 0.4) is 0 Å². The van der Waals surface area contributed by atoms with E-state index in [0.717, 1.165) is 36.2 Å². The predicted molar refractivity (Wildman–Crippen MR) is 129 cm³/mol. The smallest absolute Gasteiger partial charge is 0.282 e. The number of hydrogen-bond donors (Lipinski definition) is 0. The first-order chi connectivity index (χ1) is 15.7. The number of anilines is 1. The maximum Gasteiger partial charge on any atom is 0.282 e. The fraction of sp³-hybridized carbons (Fsp3) is 0.407. The van der Waals surface area contributed by atoms with Gasteiger partial charge in [-0.1, -0.05) is 32.0 Å². The molecule has 2 heterocycles. The Morgan fingerprint density at radius 1 is 0.848 bits per heavy atom. The fourth-order valence-electron chi connectivity index (χ4n) is 5.00. The largest absolute Gasteiger partial charge is 0.497 e. The van der Waals surface area contributed by atoms with Gasteiger partial charge in [-0.15, -0.1) is 0 Å². The van der Waals surface area contributed by atoms with Gasteiger partial charge in [0.2, 0.25) is 0 Å². The molecule has 33 heavy (non-hydrogen) atoms. The van der Waals surface area contributed by atoms with Crippen LogP contribution in [-0.4, -0.2) is 44.0 Å². The van der Waals surface area contributed by atoms with Gasteiger partial charge in [0.1, 0.15) is 17.2 Å². The molecule has 2 aromatic carbocycles. The number of rotatable bonds is 5. The lowest BCUT2D eigenvalue weighted by atomic mass is 9.90. The Morgan fingerprint density at radius 2 is 1.55 bits per heavy atom. The zero-order valence-corrected chi connectivity index (χ0v) is 20.3. The van der Waals surface area contributed by atoms with Gasteiger partial charge in [-0.05, 0) is 60.9 Å². The van der Waals surface area contributed by atoms with Crippen molar-refractivity contribution in [2.45, 2.75) is 34.1 Å². The normalized spacial score (nSPS) is 21.2. The molecule has 4 rings (SSSR count). The first kappa shape index (κ1) is 22.9. The summed E-state index contributed by atoms with van der Waals surface area (Å²) in [4.78, 5) is 31.2. The van der Waals surface area contributed by atoms with Crippen LogP contribution in [0.5, 0.6) is 11.5 Å². The average molecular weight is 449 g/mol. The van der Waals surface area contributed by atoms with Crippen LogP contribution in [0.4, 0.5) is 5.69 Å². The van der Waals surface area contributed by atoms with Crippen LogP contribution in [-0.2, 0) is 9.59 Å². The number of carbonyl (C=O) groups is 2. The lowest BCUT2D eigenvalue weighted by molar-refractivity contribution is -0.120. The molecule has 2 aliphatic heterocycles.